The molecule has 25 heavy (non-hydrogen) atoms. The Bertz CT molecular complexity index is 691. The summed E-state index contributed by atoms with van der Waals surface area (Å²) in [5, 5.41) is 14.0. The van der Waals surface area contributed by atoms with Gasteiger partial charge in [0.25, 0.3) is 0 Å². The molecule has 0 radical (unpaired) electrons. The van der Waals surface area contributed by atoms with E-state index < -0.39 is 6.10 Å². The first-order valence-corrected chi connectivity index (χ1v) is 8.35. The van der Waals surface area contributed by atoms with E-state index in [-0.39, 0.29) is 25.1 Å². The van der Waals surface area contributed by atoms with Gasteiger partial charge in [-0.15, -0.1) is 12.4 Å². The van der Waals surface area contributed by atoms with E-state index in [9.17, 15) is 5.11 Å². The molecule has 1 heterocycles. The Kier molecular flexibility index (Phi) is 8.76. The number of aromatic nitrogens is 2. The molecule has 0 unspecified atom stereocenters. The highest BCUT2D eigenvalue weighted by Crippen LogP contribution is 2.38. The van der Waals surface area contributed by atoms with E-state index in [4.69, 9.17) is 27.9 Å². The molecule has 0 saturated heterocycles. The summed E-state index contributed by atoms with van der Waals surface area (Å²) < 4.78 is 7.48. The van der Waals surface area contributed by atoms with Gasteiger partial charge in [0.15, 0.2) is 0 Å². The Labute approximate surface area is 164 Å². The lowest BCUT2D eigenvalue weighted by Crippen LogP contribution is -2.35. The van der Waals surface area contributed by atoms with Crippen LogP contribution in [-0.2, 0) is 0 Å². The lowest BCUT2D eigenvalue weighted by Gasteiger charge is -2.19. The molecule has 0 aliphatic heterocycles. The molecule has 0 aliphatic rings. The number of aliphatic hydroxyl groups excluding tert-OH is 1. The first kappa shape index (κ1) is 21.8. The Hall–Kier alpha value is -1.24. The zero-order chi connectivity index (χ0) is 17.7. The predicted octanol–water partition coefficient (Wildman–Crippen LogP) is 3.87. The third-order valence-electron chi connectivity index (χ3n) is 3.35. The first-order chi connectivity index (χ1) is 11.4. The SMILES string of the molecule is C=C(c1c(Cl)ccc(Cl)c1OC[C@H](O)CNC(C)C)n1ccnc1.Cl. The molecule has 1 aromatic heterocycles. The molecule has 2 N–H and O–H groups in total. The van der Waals surface area contributed by atoms with Crippen LogP contribution < -0.4 is 10.1 Å². The maximum absolute atomic E-state index is 10.0. The van der Waals surface area contributed by atoms with Crippen LogP contribution in [0.1, 0.15) is 19.4 Å². The summed E-state index contributed by atoms with van der Waals surface area (Å²) in [7, 11) is 0. The maximum Gasteiger partial charge on any atom is 0.148 e. The van der Waals surface area contributed by atoms with Gasteiger partial charge in [0, 0.05) is 25.0 Å². The fraction of sp³-hybridized carbons (Fsp3) is 0.353. The minimum absolute atomic E-state index is 0. The van der Waals surface area contributed by atoms with Gasteiger partial charge in [-0.3, -0.25) is 0 Å². The maximum atomic E-state index is 10.0. The molecule has 0 aliphatic carbocycles. The highest BCUT2D eigenvalue weighted by Gasteiger charge is 2.18. The molecular weight excluding hydrogens is 385 g/mol. The fourth-order valence-electron chi connectivity index (χ4n) is 2.10. The largest absolute Gasteiger partial charge is 0.489 e. The Balaban J connectivity index is 0.00000312. The minimum atomic E-state index is -0.670. The van der Waals surface area contributed by atoms with Gasteiger partial charge in [0.05, 0.1) is 27.6 Å². The van der Waals surface area contributed by atoms with Crippen LogP contribution >= 0.6 is 35.6 Å². The zero-order valence-corrected chi connectivity index (χ0v) is 16.4. The highest BCUT2D eigenvalue weighted by atomic mass is 35.5. The van der Waals surface area contributed by atoms with Gasteiger partial charge >= 0.3 is 0 Å². The average molecular weight is 407 g/mol. The van der Waals surface area contributed by atoms with Gasteiger partial charge in [0.2, 0.25) is 0 Å². The van der Waals surface area contributed by atoms with Gasteiger partial charge in [-0.25, -0.2) is 4.98 Å². The molecule has 0 saturated carbocycles. The van der Waals surface area contributed by atoms with Crippen molar-refractivity contribution < 1.29 is 9.84 Å². The first-order valence-electron chi connectivity index (χ1n) is 7.60. The third kappa shape index (κ3) is 5.90. The van der Waals surface area contributed by atoms with E-state index in [2.05, 4.69) is 16.9 Å². The summed E-state index contributed by atoms with van der Waals surface area (Å²) in [4.78, 5) is 4.00. The Morgan fingerprint density at radius 2 is 2.04 bits per heavy atom. The van der Waals surface area contributed by atoms with E-state index in [0.29, 0.717) is 33.6 Å². The molecule has 2 aromatic rings. The van der Waals surface area contributed by atoms with Crippen molar-refractivity contribution >= 4 is 41.3 Å². The van der Waals surface area contributed by atoms with Crippen LogP contribution in [0.3, 0.4) is 0 Å². The number of ether oxygens (including phenoxy) is 1. The summed E-state index contributed by atoms with van der Waals surface area (Å²) in [5.41, 5.74) is 1.16. The van der Waals surface area contributed by atoms with Gasteiger partial charge in [-0.2, -0.15) is 0 Å². The number of rotatable bonds is 8. The van der Waals surface area contributed by atoms with Gasteiger partial charge in [-0.1, -0.05) is 43.6 Å². The Morgan fingerprint density at radius 3 is 2.64 bits per heavy atom. The monoisotopic (exact) mass is 405 g/mol. The molecule has 138 valence electrons. The quantitative estimate of drug-likeness (QED) is 0.699. The number of hydrogen-bond donors (Lipinski definition) is 2. The van der Waals surface area contributed by atoms with E-state index in [1.807, 2.05) is 13.8 Å². The normalized spacial score (nSPS) is 11.9. The molecular formula is C17H22Cl3N3O2. The summed E-state index contributed by atoms with van der Waals surface area (Å²) >= 11 is 12.6. The molecule has 5 nitrogen and oxygen atoms in total. The van der Waals surface area contributed by atoms with Crippen molar-refractivity contribution in [3.8, 4) is 5.75 Å². The van der Waals surface area contributed by atoms with Crippen molar-refractivity contribution in [3.05, 3.63) is 53.0 Å². The lowest BCUT2D eigenvalue weighted by atomic mass is 10.1. The molecule has 1 aromatic carbocycles. The topological polar surface area (TPSA) is 59.3 Å². The van der Waals surface area contributed by atoms with Crippen molar-refractivity contribution in [1.82, 2.24) is 14.9 Å². The van der Waals surface area contributed by atoms with Crippen LogP contribution in [0.2, 0.25) is 10.0 Å². The summed E-state index contributed by atoms with van der Waals surface area (Å²) in [6.07, 6.45) is 4.35. The zero-order valence-electron chi connectivity index (χ0n) is 14.1. The minimum Gasteiger partial charge on any atom is -0.489 e. The summed E-state index contributed by atoms with van der Waals surface area (Å²) in [5.74, 6) is 0.395. The van der Waals surface area contributed by atoms with Crippen LogP contribution in [0.15, 0.2) is 37.4 Å². The van der Waals surface area contributed by atoms with Crippen LogP contribution in [0.25, 0.3) is 5.70 Å². The molecule has 1 atom stereocenters. The summed E-state index contributed by atoms with van der Waals surface area (Å²) in [6.45, 7) is 8.57. The number of hydrogen-bond acceptors (Lipinski definition) is 4. The van der Waals surface area contributed by atoms with Crippen LogP contribution in [0.4, 0.5) is 0 Å². The second-order valence-electron chi connectivity index (χ2n) is 5.68. The summed E-state index contributed by atoms with van der Waals surface area (Å²) in [6, 6.07) is 3.62. The second kappa shape index (κ2) is 10.0. The molecule has 0 spiro atoms. The van der Waals surface area contributed by atoms with Gasteiger partial charge in [0.1, 0.15) is 18.5 Å². The fourth-order valence-corrected chi connectivity index (χ4v) is 2.57. The number of aliphatic hydroxyl groups is 1. The van der Waals surface area contributed by atoms with Gasteiger partial charge < -0.3 is 19.7 Å². The van der Waals surface area contributed by atoms with Gasteiger partial charge in [-0.05, 0) is 12.1 Å². The number of imidazole rings is 1. The Morgan fingerprint density at radius 1 is 1.36 bits per heavy atom. The smallest absolute Gasteiger partial charge is 0.148 e. The predicted molar refractivity (Wildman–Crippen MR) is 105 cm³/mol. The molecule has 2 rings (SSSR count). The van der Waals surface area contributed by atoms with E-state index in [1.54, 1.807) is 35.4 Å². The van der Waals surface area contributed by atoms with E-state index >= 15 is 0 Å². The lowest BCUT2D eigenvalue weighted by molar-refractivity contribution is 0.104. The number of nitrogens with zero attached hydrogens (tertiary/aromatic N) is 2. The van der Waals surface area contributed by atoms with Crippen LogP contribution in [0, 0.1) is 0 Å². The van der Waals surface area contributed by atoms with Crippen molar-refractivity contribution in [2.75, 3.05) is 13.2 Å². The average Bonchev–Trinajstić information content (AvgIpc) is 3.07. The third-order valence-corrected chi connectivity index (χ3v) is 3.96. The number of halogens is 3. The van der Waals surface area contributed by atoms with E-state index in [0.717, 1.165) is 0 Å². The molecule has 0 amide bonds. The number of nitrogens with one attached hydrogen (secondary N) is 1. The standard InChI is InChI=1S/C17H21Cl2N3O2.ClH/c1-11(2)21-8-13(23)9-24-17-15(19)5-4-14(18)16(17)12(3)22-7-6-20-10-22;/h4-7,10-11,13,21,23H,3,8-9H2,1-2H3;1H/t13-;/m1./s1. The highest BCUT2D eigenvalue weighted by molar-refractivity contribution is 6.35. The molecule has 0 bridgehead atoms. The van der Waals surface area contributed by atoms with Crippen molar-refractivity contribution in [2.45, 2.75) is 26.0 Å². The van der Waals surface area contributed by atoms with Crippen molar-refractivity contribution in [1.29, 1.82) is 0 Å². The van der Waals surface area contributed by atoms with E-state index in [1.165, 1.54) is 0 Å². The van der Waals surface area contributed by atoms with Crippen molar-refractivity contribution in [2.24, 2.45) is 0 Å². The van der Waals surface area contributed by atoms with Crippen LogP contribution in [0.5, 0.6) is 5.75 Å². The second-order valence-corrected chi connectivity index (χ2v) is 6.49. The van der Waals surface area contributed by atoms with Crippen LogP contribution in [-0.4, -0.2) is 40.0 Å². The van der Waals surface area contributed by atoms with Crippen molar-refractivity contribution in [3.63, 3.8) is 0 Å². The molecule has 0 fully saturated rings. The molecule has 8 heteroatoms. The number of benzene rings is 1.